The van der Waals surface area contributed by atoms with Crippen LogP contribution in [0.3, 0.4) is 0 Å². The second-order valence-electron chi connectivity index (χ2n) is 5.62. The lowest BCUT2D eigenvalue weighted by atomic mass is 10.2. The first-order chi connectivity index (χ1) is 13.3. The van der Waals surface area contributed by atoms with Crippen molar-refractivity contribution in [3.8, 4) is 5.75 Å². The SMILES string of the molecule is O=C(Nc1nn(Cc2ccc(Cl)cc2Cl)cc1Br)c1cccc(OC(F)F)c1. The lowest BCUT2D eigenvalue weighted by molar-refractivity contribution is -0.0498. The van der Waals surface area contributed by atoms with Crippen LogP contribution in [0, 0.1) is 0 Å². The molecular formula is C18H12BrCl2F2N3O2. The van der Waals surface area contributed by atoms with E-state index in [0.717, 1.165) is 5.56 Å². The van der Waals surface area contributed by atoms with E-state index in [1.165, 1.54) is 24.3 Å². The van der Waals surface area contributed by atoms with Crippen LogP contribution in [-0.2, 0) is 6.54 Å². The molecule has 0 radical (unpaired) electrons. The third kappa shape index (κ3) is 5.21. The van der Waals surface area contributed by atoms with Crippen molar-refractivity contribution < 1.29 is 18.3 Å². The monoisotopic (exact) mass is 489 g/mol. The number of nitrogens with one attached hydrogen (secondary N) is 1. The number of aromatic nitrogens is 2. The molecule has 1 N–H and O–H groups in total. The van der Waals surface area contributed by atoms with Gasteiger partial charge in [-0.3, -0.25) is 9.48 Å². The van der Waals surface area contributed by atoms with Gasteiger partial charge in [0.25, 0.3) is 5.91 Å². The number of ether oxygens (including phenoxy) is 1. The van der Waals surface area contributed by atoms with Gasteiger partial charge in [-0.1, -0.05) is 35.3 Å². The van der Waals surface area contributed by atoms with Gasteiger partial charge in [0.2, 0.25) is 0 Å². The fourth-order valence-corrected chi connectivity index (χ4v) is 3.26. The predicted octanol–water partition coefficient (Wildman–Crippen LogP) is 5.85. The minimum Gasteiger partial charge on any atom is -0.435 e. The number of hydrogen-bond donors (Lipinski definition) is 1. The van der Waals surface area contributed by atoms with Crippen molar-refractivity contribution in [2.24, 2.45) is 0 Å². The second kappa shape index (κ2) is 8.89. The maximum Gasteiger partial charge on any atom is 0.387 e. The lowest BCUT2D eigenvalue weighted by Gasteiger charge is -2.07. The molecule has 0 unspecified atom stereocenters. The van der Waals surface area contributed by atoms with Gasteiger partial charge in [0.1, 0.15) is 5.75 Å². The fourth-order valence-electron chi connectivity index (χ4n) is 2.38. The summed E-state index contributed by atoms with van der Waals surface area (Å²) in [6.07, 6.45) is 1.68. The van der Waals surface area contributed by atoms with Crippen molar-refractivity contribution in [1.29, 1.82) is 0 Å². The molecule has 5 nitrogen and oxygen atoms in total. The van der Waals surface area contributed by atoms with Gasteiger partial charge >= 0.3 is 6.61 Å². The number of benzene rings is 2. The van der Waals surface area contributed by atoms with E-state index in [1.807, 2.05) is 0 Å². The Hall–Kier alpha value is -2.16. The Morgan fingerprint density at radius 1 is 1.25 bits per heavy atom. The van der Waals surface area contributed by atoms with Crippen molar-refractivity contribution in [3.63, 3.8) is 0 Å². The average Bonchev–Trinajstić information content (AvgIpc) is 2.96. The molecule has 28 heavy (non-hydrogen) atoms. The summed E-state index contributed by atoms with van der Waals surface area (Å²) in [5.41, 5.74) is 0.955. The standard InChI is InChI=1S/C18H12BrCl2F2N3O2/c19-14-9-26(8-11-4-5-12(20)7-15(11)21)25-16(14)24-17(27)10-2-1-3-13(6-10)28-18(22)23/h1-7,9,18H,8H2,(H,24,25,27). The van der Waals surface area contributed by atoms with Gasteiger partial charge in [-0.15, -0.1) is 0 Å². The molecule has 146 valence electrons. The third-order valence-electron chi connectivity index (χ3n) is 3.62. The number of anilines is 1. The lowest BCUT2D eigenvalue weighted by Crippen LogP contribution is -2.13. The largest absolute Gasteiger partial charge is 0.435 e. The summed E-state index contributed by atoms with van der Waals surface area (Å²) >= 11 is 15.4. The van der Waals surface area contributed by atoms with Crippen molar-refractivity contribution in [1.82, 2.24) is 9.78 Å². The first kappa shape index (κ1) is 20.6. The molecule has 10 heteroatoms. The molecule has 0 aliphatic rings. The summed E-state index contributed by atoms with van der Waals surface area (Å²) in [6, 6.07) is 10.6. The minimum absolute atomic E-state index is 0.107. The first-order valence-electron chi connectivity index (χ1n) is 7.85. The van der Waals surface area contributed by atoms with Crippen molar-refractivity contribution in [3.05, 3.63) is 74.3 Å². The van der Waals surface area contributed by atoms with E-state index in [0.29, 0.717) is 21.1 Å². The van der Waals surface area contributed by atoms with E-state index >= 15 is 0 Å². The predicted molar refractivity (Wildman–Crippen MR) is 107 cm³/mol. The zero-order chi connectivity index (χ0) is 20.3. The van der Waals surface area contributed by atoms with Crippen LogP contribution in [-0.4, -0.2) is 22.3 Å². The number of carbonyl (C=O) groups excluding carboxylic acids is 1. The van der Waals surface area contributed by atoms with Gasteiger partial charge in [-0.25, -0.2) is 0 Å². The topological polar surface area (TPSA) is 56.2 Å². The highest BCUT2D eigenvalue weighted by atomic mass is 79.9. The fraction of sp³-hybridized carbons (Fsp3) is 0.111. The van der Waals surface area contributed by atoms with E-state index in [1.54, 1.807) is 29.1 Å². The Labute approximate surface area is 177 Å². The summed E-state index contributed by atoms with van der Waals surface area (Å²) in [7, 11) is 0. The first-order valence-corrected chi connectivity index (χ1v) is 9.40. The van der Waals surface area contributed by atoms with Gasteiger partial charge in [0.05, 0.1) is 11.0 Å². The van der Waals surface area contributed by atoms with Crippen molar-refractivity contribution in [2.75, 3.05) is 5.32 Å². The summed E-state index contributed by atoms with van der Waals surface area (Å²) in [5, 5.41) is 7.95. The van der Waals surface area contributed by atoms with Gasteiger partial charge in [-0.2, -0.15) is 13.9 Å². The van der Waals surface area contributed by atoms with Gasteiger partial charge in [-0.05, 0) is 51.8 Å². The molecule has 0 bridgehead atoms. The van der Waals surface area contributed by atoms with Crippen LogP contribution in [0.5, 0.6) is 5.75 Å². The Morgan fingerprint density at radius 2 is 2.04 bits per heavy atom. The molecule has 0 fully saturated rings. The van der Waals surface area contributed by atoms with Crippen LogP contribution < -0.4 is 10.1 Å². The van der Waals surface area contributed by atoms with Gasteiger partial charge < -0.3 is 10.1 Å². The van der Waals surface area contributed by atoms with Gasteiger partial charge in [0, 0.05) is 21.8 Å². The van der Waals surface area contributed by atoms with Crippen LogP contribution >= 0.6 is 39.1 Å². The molecule has 3 rings (SSSR count). The summed E-state index contributed by atoms with van der Waals surface area (Å²) in [4.78, 5) is 12.4. The third-order valence-corrected chi connectivity index (χ3v) is 4.79. The zero-order valence-corrected chi connectivity index (χ0v) is 17.1. The Balaban J connectivity index is 1.74. The number of alkyl halides is 2. The average molecular weight is 491 g/mol. The molecule has 0 aliphatic heterocycles. The Morgan fingerprint density at radius 3 is 2.75 bits per heavy atom. The highest BCUT2D eigenvalue weighted by Gasteiger charge is 2.14. The Bertz CT molecular complexity index is 1010. The van der Waals surface area contributed by atoms with E-state index < -0.39 is 12.5 Å². The molecule has 0 saturated heterocycles. The number of amides is 1. The summed E-state index contributed by atoms with van der Waals surface area (Å²) < 4.78 is 31.1. The van der Waals surface area contributed by atoms with E-state index in [4.69, 9.17) is 23.2 Å². The van der Waals surface area contributed by atoms with E-state index in [2.05, 4.69) is 31.1 Å². The number of nitrogens with zero attached hydrogens (tertiary/aromatic N) is 2. The maximum absolute atomic E-state index is 12.4. The molecule has 0 saturated carbocycles. The zero-order valence-electron chi connectivity index (χ0n) is 14.0. The van der Waals surface area contributed by atoms with Crippen LogP contribution in [0.1, 0.15) is 15.9 Å². The normalized spacial score (nSPS) is 10.9. The quantitative estimate of drug-likeness (QED) is 0.471. The van der Waals surface area contributed by atoms with Crippen LogP contribution in [0.2, 0.25) is 10.0 Å². The molecular weight excluding hydrogens is 479 g/mol. The Kier molecular flexibility index (Phi) is 6.53. The minimum atomic E-state index is -2.97. The molecule has 0 atom stereocenters. The number of hydrogen-bond acceptors (Lipinski definition) is 3. The van der Waals surface area contributed by atoms with E-state index in [-0.39, 0.29) is 17.1 Å². The number of halogens is 5. The molecule has 2 aromatic carbocycles. The molecule has 1 aromatic heterocycles. The number of carbonyl (C=O) groups is 1. The molecule has 1 amide bonds. The smallest absolute Gasteiger partial charge is 0.387 e. The summed E-state index contributed by atoms with van der Waals surface area (Å²) in [5.74, 6) is -0.352. The second-order valence-corrected chi connectivity index (χ2v) is 7.32. The van der Waals surface area contributed by atoms with Crippen LogP contribution in [0.4, 0.5) is 14.6 Å². The van der Waals surface area contributed by atoms with Crippen LogP contribution in [0.25, 0.3) is 0 Å². The van der Waals surface area contributed by atoms with Crippen molar-refractivity contribution >= 4 is 50.9 Å². The molecule has 0 aliphatic carbocycles. The van der Waals surface area contributed by atoms with Crippen LogP contribution in [0.15, 0.2) is 53.1 Å². The highest BCUT2D eigenvalue weighted by molar-refractivity contribution is 9.10. The molecule has 0 spiro atoms. The summed E-state index contributed by atoms with van der Waals surface area (Å²) in [6.45, 7) is -2.61. The van der Waals surface area contributed by atoms with Gasteiger partial charge in [0.15, 0.2) is 5.82 Å². The molecule has 1 heterocycles. The molecule has 3 aromatic rings. The highest BCUT2D eigenvalue weighted by Crippen LogP contribution is 2.25. The van der Waals surface area contributed by atoms with Crippen molar-refractivity contribution in [2.45, 2.75) is 13.2 Å². The maximum atomic E-state index is 12.4. The number of rotatable bonds is 6. The van der Waals surface area contributed by atoms with E-state index in [9.17, 15) is 13.6 Å².